The Morgan fingerprint density at radius 2 is 2.00 bits per heavy atom. The van der Waals surface area contributed by atoms with Gasteiger partial charge in [-0.15, -0.1) is 0 Å². The van der Waals surface area contributed by atoms with Gasteiger partial charge in [-0.3, -0.25) is 5.01 Å². The molecule has 114 valence electrons. The first kappa shape index (κ1) is 14.4. The van der Waals surface area contributed by atoms with Gasteiger partial charge >= 0.3 is 6.03 Å². The molecule has 1 heterocycles. The second kappa shape index (κ2) is 5.34. The summed E-state index contributed by atoms with van der Waals surface area (Å²) >= 11 is 0. The van der Waals surface area contributed by atoms with Crippen LogP contribution >= 0.6 is 0 Å². The zero-order chi connectivity index (χ0) is 15.0. The molecule has 1 saturated carbocycles. The number of carbonyl (C=O) groups excluding carboxylic acids is 1. The van der Waals surface area contributed by atoms with Gasteiger partial charge in [-0.05, 0) is 44.7 Å². The highest BCUT2D eigenvalue weighted by molar-refractivity contribution is 5.89. The van der Waals surface area contributed by atoms with Gasteiger partial charge in [0, 0.05) is 17.6 Å². The van der Waals surface area contributed by atoms with Crippen LogP contribution in [0.2, 0.25) is 0 Å². The summed E-state index contributed by atoms with van der Waals surface area (Å²) in [6.07, 6.45) is 3.62. The molecule has 1 saturated heterocycles. The Bertz CT molecular complexity index is 514. The summed E-state index contributed by atoms with van der Waals surface area (Å²) in [4.78, 5) is 12.6. The van der Waals surface area contributed by atoms with Gasteiger partial charge in [0.25, 0.3) is 0 Å². The normalized spacial score (nSPS) is 30.8. The van der Waals surface area contributed by atoms with Gasteiger partial charge in [-0.25, -0.2) is 10.2 Å². The fourth-order valence-electron chi connectivity index (χ4n) is 3.89. The quantitative estimate of drug-likeness (QED) is 0.828. The molecule has 3 atom stereocenters. The van der Waals surface area contributed by atoms with Gasteiger partial charge < -0.3 is 5.32 Å². The Morgan fingerprint density at radius 1 is 1.29 bits per heavy atom. The van der Waals surface area contributed by atoms with Crippen molar-refractivity contribution < 1.29 is 4.79 Å². The number of benzene rings is 1. The summed E-state index contributed by atoms with van der Waals surface area (Å²) in [6, 6.07) is 9.99. The molecule has 2 aliphatic rings. The average molecular weight is 287 g/mol. The third kappa shape index (κ3) is 2.64. The number of fused-ring (bicyclic) bond motifs is 1. The number of para-hydroxylation sites is 1. The van der Waals surface area contributed by atoms with E-state index < -0.39 is 0 Å². The first-order chi connectivity index (χ1) is 9.98. The molecule has 0 unspecified atom stereocenters. The number of rotatable bonds is 1. The van der Waals surface area contributed by atoms with Crippen molar-refractivity contribution in [2.24, 2.45) is 11.8 Å². The lowest BCUT2D eigenvalue weighted by atomic mass is 9.72. The lowest BCUT2D eigenvalue weighted by molar-refractivity contribution is 0.127. The molecule has 2 fully saturated rings. The summed E-state index contributed by atoms with van der Waals surface area (Å²) in [7, 11) is 0. The van der Waals surface area contributed by atoms with Crippen LogP contribution in [0.15, 0.2) is 30.3 Å². The number of carbonyl (C=O) groups is 1. The maximum atomic E-state index is 12.6. The lowest BCUT2D eigenvalue weighted by Crippen LogP contribution is -2.51. The minimum absolute atomic E-state index is 0.0618. The Hall–Kier alpha value is -1.55. The van der Waals surface area contributed by atoms with Crippen LogP contribution in [0.4, 0.5) is 10.5 Å². The maximum absolute atomic E-state index is 12.6. The molecule has 21 heavy (non-hydrogen) atoms. The molecule has 4 nitrogen and oxygen atoms in total. The van der Waals surface area contributed by atoms with E-state index in [0.29, 0.717) is 12.0 Å². The molecule has 0 radical (unpaired) electrons. The summed E-state index contributed by atoms with van der Waals surface area (Å²) < 4.78 is 0. The van der Waals surface area contributed by atoms with Crippen molar-refractivity contribution in [2.45, 2.75) is 51.6 Å². The summed E-state index contributed by atoms with van der Waals surface area (Å²) in [5.74, 6) is 1.28. The van der Waals surface area contributed by atoms with Crippen molar-refractivity contribution in [1.29, 1.82) is 0 Å². The van der Waals surface area contributed by atoms with E-state index in [4.69, 9.17) is 0 Å². The molecular weight excluding hydrogens is 262 g/mol. The fraction of sp³-hybridized carbons (Fsp3) is 0.588. The third-order valence-corrected chi connectivity index (χ3v) is 5.12. The molecule has 1 aromatic carbocycles. The standard InChI is InChI=1S/C17H25N3O/c1-12-9-10-14-15(11-12)19-20(17(14,2)3)16(21)18-13-7-5-4-6-8-13/h4-8,12,14-15,19H,9-11H2,1-3H3,(H,18,21)/t12-,14-,15+/m1/s1. The Labute approximate surface area is 126 Å². The largest absolute Gasteiger partial charge is 0.336 e. The predicted molar refractivity (Wildman–Crippen MR) is 84.8 cm³/mol. The van der Waals surface area contributed by atoms with Crippen LogP contribution in [-0.2, 0) is 0 Å². The van der Waals surface area contributed by atoms with Crippen LogP contribution in [0.5, 0.6) is 0 Å². The number of nitrogens with one attached hydrogen (secondary N) is 2. The minimum atomic E-state index is -0.149. The van der Waals surface area contributed by atoms with E-state index in [9.17, 15) is 4.79 Å². The van der Waals surface area contributed by atoms with Gasteiger partial charge in [-0.1, -0.05) is 31.5 Å². The molecule has 0 spiro atoms. The third-order valence-electron chi connectivity index (χ3n) is 5.12. The van der Waals surface area contributed by atoms with Crippen LogP contribution in [0.3, 0.4) is 0 Å². The fourth-order valence-corrected chi connectivity index (χ4v) is 3.89. The first-order valence-electron chi connectivity index (χ1n) is 7.91. The molecule has 4 heteroatoms. The van der Waals surface area contributed by atoms with Crippen molar-refractivity contribution in [3.63, 3.8) is 0 Å². The molecule has 1 aromatic rings. The molecule has 1 aliphatic carbocycles. The zero-order valence-electron chi connectivity index (χ0n) is 13.1. The van der Waals surface area contributed by atoms with Crippen molar-refractivity contribution in [3.8, 4) is 0 Å². The second-order valence-corrected chi connectivity index (χ2v) is 7.05. The van der Waals surface area contributed by atoms with E-state index in [2.05, 4.69) is 31.5 Å². The smallest absolute Gasteiger partial charge is 0.307 e. The van der Waals surface area contributed by atoms with Crippen molar-refractivity contribution in [1.82, 2.24) is 10.4 Å². The molecule has 0 bridgehead atoms. The predicted octanol–water partition coefficient (Wildman–Crippen LogP) is 3.62. The van der Waals surface area contributed by atoms with E-state index >= 15 is 0 Å². The molecule has 2 N–H and O–H groups in total. The number of urea groups is 1. The number of amides is 2. The highest BCUT2D eigenvalue weighted by atomic mass is 16.2. The highest BCUT2D eigenvalue weighted by Crippen LogP contribution is 2.42. The van der Waals surface area contributed by atoms with Crippen LogP contribution in [0.25, 0.3) is 0 Å². The Balaban J connectivity index is 1.74. The lowest BCUT2D eigenvalue weighted by Gasteiger charge is -2.37. The SMILES string of the molecule is C[C@@H]1CC[C@@H]2[C@H](C1)NN(C(=O)Nc1ccccc1)C2(C)C. The Morgan fingerprint density at radius 3 is 2.71 bits per heavy atom. The van der Waals surface area contributed by atoms with Gasteiger partial charge in [0.1, 0.15) is 0 Å². The molecule has 3 rings (SSSR count). The van der Waals surface area contributed by atoms with Crippen LogP contribution in [-0.4, -0.2) is 22.6 Å². The van der Waals surface area contributed by atoms with Gasteiger partial charge in [0.15, 0.2) is 0 Å². The van der Waals surface area contributed by atoms with E-state index in [1.807, 2.05) is 35.3 Å². The number of anilines is 1. The summed E-state index contributed by atoms with van der Waals surface area (Å²) in [5, 5.41) is 4.80. The van der Waals surface area contributed by atoms with Gasteiger partial charge in [0.05, 0.1) is 5.54 Å². The minimum Gasteiger partial charge on any atom is -0.307 e. The van der Waals surface area contributed by atoms with E-state index in [1.165, 1.54) is 12.8 Å². The summed E-state index contributed by atoms with van der Waals surface area (Å²) in [5.41, 5.74) is 4.14. The van der Waals surface area contributed by atoms with Crippen molar-refractivity contribution in [2.75, 3.05) is 5.32 Å². The highest BCUT2D eigenvalue weighted by Gasteiger charge is 2.51. The average Bonchev–Trinajstić information content (AvgIpc) is 2.71. The first-order valence-corrected chi connectivity index (χ1v) is 7.91. The molecule has 1 aliphatic heterocycles. The van der Waals surface area contributed by atoms with Crippen LogP contribution in [0.1, 0.15) is 40.0 Å². The number of nitrogens with zero attached hydrogens (tertiary/aromatic N) is 1. The topological polar surface area (TPSA) is 44.4 Å². The van der Waals surface area contributed by atoms with Gasteiger partial charge in [0.2, 0.25) is 0 Å². The van der Waals surface area contributed by atoms with Crippen molar-refractivity contribution >= 4 is 11.7 Å². The van der Waals surface area contributed by atoms with Gasteiger partial charge in [-0.2, -0.15) is 0 Å². The van der Waals surface area contributed by atoms with E-state index in [1.54, 1.807) is 0 Å². The summed E-state index contributed by atoms with van der Waals surface area (Å²) in [6.45, 7) is 6.65. The number of hydrogen-bond donors (Lipinski definition) is 2. The molecule has 0 aromatic heterocycles. The van der Waals surface area contributed by atoms with Crippen LogP contribution < -0.4 is 10.7 Å². The monoisotopic (exact) mass is 287 g/mol. The van der Waals surface area contributed by atoms with E-state index in [0.717, 1.165) is 18.0 Å². The van der Waals surface area contributed by atoms with E-state index in [-0.39, 0.29) is 11.6 Å². The molecular formula is C17H25N3O. The maximum Gasteiger partial charge on any atom is 0.336 e. The second-order valence-electron chi connectivity index (χ2n) is 7.05. The van der Waals surface area contributed by atoms with Crippen molar-refractivity contribution in [3.05, 3.63) is 30.3 Å². The zero-order valence-corrected chi connectivity index (χ0v) is 13.1. The van der Waals surface area contributed by atoms with Crippen LogP contribution in [0, 0.1) is 11.8 Å². The molecule has 2 amide bonds. The number of hydrogen-bond acceptors (Lipinski definition) is 2. The number of hydrazine groups is 1. The Kier molecular flexibility index (Phi) is 3.66.